The summed E-state index contributed by atoms with van der Waals surface area (Å²) in [6, 6.07) is 61.2. The minimum Gasteiger partial charge on any atom is -0.656 e. The van der Waals surface area contributed by atoms with Gasteiger partial charge in [-0.15, -0.1) is 34.8 Å². The van der Waals surface area contributed by atoms with Crippen molar-refractivity contribution in [1.29, 1.82) is 0 Å². The maximum atomic E-state index is 5.50. The van der Waals surface area contributed by atoms with E-state index in [4.69, 9.17) is 15.0 Å². The zero-order valence-corrected chi connectivity index (χ0v) is 32.0. The molecule has 0 atom stereocenters. The molecule has 0 aliphatic heterocycles. The molecule has 55 heavy (non-hydrogen) atoms. The third-order valence-corrected chi connectivity index (χ3v) is 10.8. The number of pyridine rings is 1. The monoisotopic (exact) mass is 884 g/mol. The van der Waals surface area contributed by atoms with Crippen molar-refractivity contribution >= 4 is 54.6 Å². The second-order valence-corrected chi connectivity index (χ2v) is 13.8. The molecule has 0 aliphatic rings. The molecular formula is C49H31N5Pt. The molecule has 0 bridgehead atoms. The Morgan fingerprint density at radius 3 is 2.09 bits per heavy atom. The summed E-state index contributed by atoms with van der Waals surface area (Å²) in [5, 5.41) is 4.57. The molecule has 0 amide bonds. The van der Waals surface area contributed by atoms with Gasteiger partial charge in [-0.25, -0.2) is 9.97 Å². The molecule has 4 heterocycles. The number of fused-ring (bicyclic) bond motifs is 7. The molecular weight excluding hydrogens is 854 g/mol. The topological polar surface area (TPSA) is 49.7 Å². The molecule has 0 aliphatic carbocycles. The van der Waals surface area contributed by atoms with E-state index in [1.165, 1.54) is 5.56 Å². The van der Waals surface area contributed by atoms with E-state index >= 15 is 0 Å². The molecule has 11 aromatic rings. The van der Waals surface area contributed by atoms with Crippen molar-refractivity contribution in [2.24, 2.45) is 0 Å². The molecule has 0 spiro atoms. The predicted octanol–water partition coefficient (Wildman–Crippen LogP) is 11.9. The molecule has 0 saturated carbocycles. The van der Waals surface area contributed by atoms with Gasteiger partial charge < -0.3 is 9.55 Å². The van der Waals surface area contributed by atoms with E-state index in [2.05, 4.69) is 180 Å². The summed E-state index contributed by atoms with van der Waals surface area (Å²) in [6.07, 6.45) is 1.92. The first kappa shape index (κ1) is 33.0. The standard InChI is InChI=1S/C49H31N5.Pt/c1-31-35(32-14-4-2-5-15-32)28-29-50-48(31)54-43-24-11-9-19-38(43)39-27-26-33(30-45(39)54)36-20-13-25-44-47(36)52-49(53(44)34-16-6-3-7-17-34)41-22-12-21-40-37-18-8-10-23-42(37)51-46(40)41;/h2-29H,1H3;/q-2;+2. The molecule has 6 heteroatoms. The van der Waals surface area contributed by atoms with Gasteiger partial charge in [0, 0.05) is 28.5 Å². The Kier molecular flexibility index (Phi) is 7.86. The third kappa shape index (κ3) is 5.11. The Labute approximate surface area is 331 Å². The number of hydrogen-bond donors (Lipinski definition) is 0. The molecule has 5 nitrogen and oxygen atoms in total. The zero-order chi connectivity index (χ0) is 35.8. The maximum Gasteiger partial charge on any atom is 2.00 e. The van der Waals surface area contributed by atoms with Gasteiger partial charge in [-0.1, -0.05) is 132 Å². The van der Waals surface area contributed by atoms with Crippen LogP contribution in [0.2, 0.25) is 0 Å². The van der Waals surface area contributed by atoms with Crippen molar-refractivity contribution in [1.82, 2.24) is 24.1 Å². The summed E-state index contributed by atoms with van der Waals surface area (Å²) >= 11 is 0. The van der Waals surface area contributed by atoms with Gasteiger partial charge in [-0.2, -0.15) is 0 Å². The third-order valence-electron chi connectivity index (χ3n) is 10.8. The van der Waals surface area contributed by atoms with Gasteiger partial charge in [0.05, 0.1) is 11.0 Å². The van der Waals surface area contributed by atoms with Crippen molar-refractivity contribution in [3.63, 3.8) is 0 Å². The van der Waals surface area contributed by atoms with Crippen molar-refractivity contribution in [2.45, 2.75) is 6.92 Å². The molecule has 0 radical (unpaired) electrons. The Balaban J connectivity index is 0.00000372. The summed E-state index contributed by atoms with van der Waals surface area (Å²) in [5.74, 6) is 1.75. The molecule has 262 valence electrons. The fourth-order valence-corrected chi connectivity index (χ4v) is 8.27. The van der Waals surface area contributed by atoms with Gasteiger partial charge in [0.1, 0.15) is 11.6 Å². The van der Waals surface area contributed by atoms with Crippen molar-refractivity contribution in [3.8, 4) is 45.1 Å². The second kappa shape index (κ2) is 13.1. The van der Waals surface area contributed by atoms with E-state index in [9.17, 15) is 0 Å². The van der Waals surface area contributed by atoms with Gasteiger partial charge in [0.15, 0.2) is 0 Å². The van der Waals surface area contributed by atoms with Gasteiger partial charge in [-0.05, 0) is 70.1 Å². The number of benzene rings is 7. The molecule has 0 unspecified atom stereocenters. The number of hydrogen-bond acceptors (Lipinski definition) is 2. The van der Waals surface area contributed by atoms with Gasteiger partial charge in [0.25, 0.3) is 0 Å². The van der Waals surface area contributed by atoms with Crippen LogP contribution < -0.4 is 4.98 Å². The van der Waals surface area contributed by atoms with Crippen LogP contribution in [0.1, 0.15) is 5.56 Å². The molecule has 0 saturated heterocycles. The average molecular weight is 885 g/mol. The molecule has 4 aromatic heterocycles. The van der Waals surface area contributed by atoms with Crippen LogP contribution in [0.4, 0.5) is 0 Å². The van der Waals surface area contributed by atoms with Crippen LogP contribution >= 0.6 is 0 Å². The summed E-state index contributed by atoms with van der Waals surface area (Å²) < 4.78 is 4.54. The van der Waals surface area contributed by atoms with Crippen LogP contribution in [0.5, 0.6) is 0 Å². The molecule has 0 N–H and O–H groups in total. The Morgan fingerprint density at radius 2 is 1.24 bits per heavy atom. The quantitative estimate of drug-likeness (QED) is 0.162. The van der Waals surface area contributed by atoms with E-state index in [1.54, 1.807) is 0 Å². The molecule has 7 aromatic carbocycles. The van der Waals surface area contributed by atoms with Crippen molar-refractivity contribution in [3.05, 3.63) is 182 Å². The van der Waals surface area contributed by atoms with E-state index in [1.807, 2.05) is 12.3 Å². The first-order valence-corrected chi connectivity index (χ1v) is 18.2. The fraction of sp³-hybridized carbons (Fsp3) is 0.0204. The largest absolute Gasteiger partial charge is 2.00 e. The van der Waals surface area contributed by atoms with Crippen molar-refractivity contribution in [2.75, 3.05) is 0 Å². The number of nitrogens with zero attached hydrogens (tertiary/aromatic N) is 5. The maximum absolute atomic E-state index is 5.50. The molecule has 0 fully saturated rings. The second-order valence-electron chi connectivity index (χ2n) is 13.8. The summed E-state index contributed by atoms with van der Waals surface area (Å²) in [7, 11) is 0. The van der Waals surface area contributed by atoms with E-state index in [0.717, 1.165) is 99.8 Å². The van der Waals surface area contributed by atoms with E-state index < -0.39 is 0 Å². The number of para-hydroxylation sites is 5. The first-order chi connectivity index (χ1) is 26.7. The van der Waals surface area contributed by atoms with Crippen LogP contribution in [-0.2, 0) is 21.1 Å². The SMILES string of the molecule is Cc1c(-c2ccccc2)ccnc1-n1c2[c-]c(-c3cccc4c3nc(-c3cccc5c3[n-]c3ccccc35)n4-c3ccccc3)ccc2c2ccccc21.[Pt+2]. The first-order valence-electron chi connectivity index (χ1n) is 18.2. The number of aromatic nitrogens is 5. The van der Waals surface area contributed by atoms with Gasteiger partial charge >= 0.3 is 21.1 Å². The van der Waals surface area contributed by atoms with Crippen LogP contribution in [0.3, 0.4) is 0 Å². The van der Waals surface area contributed by atoms with Gasteiger partial charge in [-0.3, -0.25) is 4.57 Å². The Morgan fingerprint density at radius 1 is 0.545 bits per heavy atom. The van der Waals surface area contributed by atoms with Crippen LogP contribution in [-0.4, -0.2) is 19.1 Å². The summed E-state index contributed by atoms with van der Waals surface area (Å²) in [5.41, 5.74) is 13.4. The average Bonchev–Trinajstić information content (AvgIpc) is 3.91. The van der Waals surface area contributed by atoms with Crippen LogP contribution in [0.15, 0.2) is 170 Å². The van der Waals surface area contributed by atoms with Crippen LogP contribution in [0, 0.1) is 13.0 Å². The molecule has 11 rings (SSSR count). The number of rotatable bonds is 5. The summed E-state index contributed by atoms with van der Waals surface area (Å²) in [6.45, 7) is 2.17. The Bertz CT molecular complexity index is 3230. The normalized spacial score (nSPS) is 11.6. The van der Waals surface area contributed by atoms with Gasteiger partial charge in [0.2, 0.25) is 0 Å². The fourth-order valence-electron chi connectivity index (χ4n) is 8.27. The van der Waals surface area contributed by atoms with Crippen LogP contribution in [0.25, 0.3) is 99.8 Å². The van der Waals surface area contributed by atoms with E-state index in [0.29, 0.717) is 0 Å². The smallest absolute Gasteiger partial charge is 0.656 e. The summed E-state index contributed by atoms with van der Waals surface area (Å²) in [4.78, 5) is 15.6. The predicted molar refractivity (Wildman–Crippen MR) is 221 cm³/mol. The number of imidazole rings is 1. The van der Waals surface area contributed by atoms with Crippen molar-refractivity contribution < 1.29 is 21.1 Å². The minimum atomic E-state index is 0. The zero-order valence-electron chi connectivity index (χ0n) is 29.7. The van der Waals surface area contributed by atoms with E-state index in [-0.39, 0.29) is 21.1 Å². The Hall–Kier alpha value is -6.55. The minimum absolute atomic E-state index is 0.